The topological polar surface area (TPSA) is 92.2 Å². The van der Waals surface area contributed by atoms with Gasteiger partial charge in [-0.05, 0) is 57.6 Å². The molecular formula is C28H37N7O2. The van der Waals surface area contributed by atoms with Gasteiger partial charge in [0.25, 0.3) is 5.91 Å². The molecule has 196 valence electrons. The normalized spacial score (nSPS) is 23.0. The van der Waals surface area contributed by atoms with Crippen molar-refractivity contribution >= 4 is 23.2 Å². The second kappa shape index (κ2) is 9.85. The molecule has 6 rings (SSSR count). The monoisotopic (exact) mass is 503 g/mol. The number of carbonyl (C=O) groups is 1. The number of benzene rings is 1. The van der Waals surface area contributed by atoms with E-state index in [9.17, 15) is 4.79 Å². The highest BCUT2D eigenvalue weighted by atomic mass is 16.5. The first-order valence-electron chi connectivity index (χ1n) is 13.6. The van der Waals surface area contributed by atoms with Gasteiger partial charge in [-0.25, -0.2) is 4.98 Å². The van der Waals surface area contributed by atoms with Crippen molar-refractivity contribution in [2.75, 3.05) is 49.6 Å². The third-order valence-electron chi connectivity index (χ3n) is 7.97. The van der Waals surface area contributed by atoms with E-state index in [0.717, 1.165) is 86.7 Å². The molecule has 0 saturated carbocycles. The Labute approximate surface area is 218 Å². The van der Waals surface area contributed by atoms with E-state index in [1.54, 1.807) is 0 Å². The van der Waals surface area contributed by atoms with Crippen LogP contribution in [0.25, 0.3) is 5.65 Å². The Bertz CT molecular complexity index is 1310. The summed E-state index contributed by atoms with van der Waals surface area (Å²) >= 11 is 0. The molecule has 3 aliphatic heterocycles. The summed E-state index contributed by atoms with van der Waals surface area (Å²) in [5.41, 5.74) is 9.63. The number of piperidine rings is 1. The molecule has 2 bridgehead atoms. The van der Waals surface area contributed by atoms with Crippen LogP contribution in [0.1, 0.15) is 66.2 Å². The van der Waals surface area contributed by atoms with Crippen molar-refractivity contribution in [3.8, 4) is 5.75 Å². The number of hydrogen-bond donors (Lipinski definition) is 1. The lowest BCUT2D eigenvalue weighted by Gasteiger charge is -2.35. The number of amides is 1. The fraction of sp³-hybridized carbons (Fsp3) is 0.536. The van der Waals surface area contributed by atoms with Crippen molar-refractivity contribution in [3.63, 3.8) is 0 Å². The molecule has 1 amide bonds. The van der Waals surface area contributed by atoms with Gasteiger partial charge in [0, 0.05) is 51.4 Å². The van der Waals surface area contributed by atoms with E-state index in [1.807, 2.05) is 34.5 Å². The van der Waals surface area contributed by atoms with Gasteiger partial charge in [-0.2, -0.15) is 9.61 Å². The van der Waals surface area contributed by atoms with Gasteiger partial charge in [0.2, 0.25) is 0 Å². The first-order valence-corrected chi connectivity index (χ1v) is 13.6. The number of rotatable bonds is 1. The van der Waals surface area contributed by atoms with Crippen LogP contribution in [-0.4, -0.2) is 71.3 Å². The minimum atomic E-state index is -0.0942. The minimum Gasteiger partial charge on any atom is -0.493 e. The van der Waals surface area contributed by atoms with Crippen molar-refractivity contribution in [2.45, 2.75) is 57.5 Å². The zero-order valence-electron chi connectivity index (χ0n) is 21.9. The average Bonchev–Trinajstić information content (AvgIpc) is 3.53. The number of hydrogen-bond acceptors (Lipinski definition) is 7. The lowest BCUT2D eigenvalue weighted by molar-refractivity contribution is 0.0601. The van der Waals surface area contributed by atoms with E-state index in [1.165, 1.54) is 0 Å². The van der Waals surface area contributed by atoms with Crippen LogP contribution in [0.5, 0.6) is 5.75 Å². The zero-order chi connectivity index (χ0) is 25.5. The van der Waals surface area contributed by atoms with Gasteiger partial charge in [0.15, 0.2) is 5.65 Å². The summed E-state index contributed by atoms with van der Waals surface area (Å²) in [6, 6.07) is 10.2. The SMILES string of the molecule is Cc1ccc2c(c1)C(=O)N1CCCCC1c1cc3nc(N4CCC(N)C4)cc(n3n1)N(C)CCCCO2. The lowest BCUT2D eigenvalue weighted by Crippen LogP contribution is -2.39. The molecule has 1 aromatic carbocycles. The van der Waals surface area contributed by atoms with Gasteiger partial charge in [0.1, 0.15) is 17.4 Å². The highest BCUT2D eigenvalue weighted by molar-refractivity contribution is 5.97. The molecule has 2 saturated heterocycles. The fourth-order valence-corrected chi connectivity index (χ4v) is 5.88. The van der Waals surface area contributed by atoms with E-state index < -0.39 is 0 Å². The van der Waals surface area contributed by atoms with Crippen molar-refractivity contribution in [1.82, 2.24) is 19.5 Å². The summed E-state index contributed by atoms with van der Waals surface area (Å²) in [4.78, 5) is 25.5. The van der Waals surface area contributed by atoms with E-state index >= 15 is 0 Å². The summed E-state index contributed by atoms with van der Waals surface area (Å²) in [5, 5.41) is 5.07. The Morgan fingerprint density at radius 1 is 1.03 bits per heavy atom. The molecular weight excluding hydrogens is 466 g/mol. The van der Waals surface area contributed by atoms with Crippen LogP contribution >= 0.6 is 0 Å². The third kappa shape index (κ3) is 4.61. The summed E-state index contributed by atoms with van der Waals surface area (Å²) in [7, 11) is 2.11. The zero-order valence-corrected chi connectivity index (χ0v) is 21.9. The quantitative estimate of drug-likeness (QED) is 0.543. The molecule has 3 aromatic rings. The molecule has 2 fully saturated rings. The second-order valence-electron chi connectivity index (χ2n) is 10.8. The molecule has 2 aromatic heterocycles. The maximum atomic E-state index is 14.0. The summed E-state index contributed by atoms with van der Waals surface area (Å²) in [5.74, 6) is 2.65. The number of fused-ring (bicyclic) bond motifs is 4. The van der Waals surface area contributed by atoms with Crippen LogP contribution in [0.3, 0.4) is 0 Å². The summed E-state index contributed by atoms with van der Waals surface area (Å²) in [6.07, 6.45) is 5.77. The second-order valence-corrected chi connectivity index (χ2v) is 10.8. The highest BCUT2D eigenvalue weighted by Crippen LogP contribution is 2.35. The first kappa shape index (κ1) is 24.0. The lowest BCUT2D eigenvalue weighted by atomic mass is 9.97. The van der Waals surface area contributed by atoms with Crippen LogP contribution in [-0.2, 0) is 0 Å². The molecule has 0 spiro atoms. The van der Waals surface area contributed by atoms with Gasteiger partial charge in [0.05, 0.1) is 23.9 Å². The van der Waals surface area contributed by atoms with Crippen LogP contribution in [0.2, 0.25) is 0 Å². The predicted octanol–water partition coefficient (Wildman–Crippen LogP) is 3.55. The number of carbonyl (C=O) groups excluding carboxylic acids is 1. The minimum absolute atomic E-state index is 0.0207. The smallest absolute Gasteiger partial charge is 0.258 e. The van der Waals surface area contributed by atoms with Crippen LogP contribution < -0.4 is 20.3 Å². The van der Waals surface area contributed by atoms with E-state index in [2.05, 4.69) is 29.0 Å². The predicted molar refractivity (Wildman–Crippen MR) is 145 cm³/mol. The Morgan fingerprint density at radius 3 is 2.73 bits per heavy atom. The van der Waals surface area contributed by atoms with Gasteiger partial charge in [-0.3, -0.25) is 4.79 Å². The van der Waals surface area contributed by atoms with Crippen molar-refractivity contribution in [2.24, 2.45) is 5.73 Å². The van der Waals surface area contributed by atoms with Crippen molar-refractivity contribution in [3.05, 3.63) is 47.2 Å². The largest absolute Gasteiger partial charge is 0.493 e. The van der Waals surface area contributed by atoms with Gasteiger partial charge in [-0.15, -0.1) is 0 Å². The fourth-order valence-electron chi connectivity index (χ4n) is 5.88. The van der Waals surface area contributed by atoms with E-state index in [4.69, 9.17) is 20.6 Å². The molecule has 0 aliphatic carbocycles. The summed E-state index contributed by atoms with van der Waals surface area (Å²) in [6.45, 7) is 5.90. The number of ether oxygens (including phenoxy) is 1. The maximum absolute atomic E-state index is 14.0. The molecule has 3 aliphatic rings. The molecule has 5 heterocycles. The van der Waals surface area contributed by atoms with E-state index in [0.29, 0.717) is 24.5 Å². The van der Waals surface area contributed by atoms with E-state index in [-0.39, 0.29) is 18.0 Å². The number of anilines is 2. The standard InChI is InChI=1S/C28H37N7O2/c1-19-8-9-24-21(15-19)28(36)34-12-4-3-7-23(34)22-16-26-30-25(33-13-10-20(29)18-33)17-27(35(26)31-22)32(2)11-5-6-14-37-24/h8-9,15-17,20,23H,3-7,10-14,18,29H2,1-2H3. The molecule has 9 nitrogen and oxygen atoms in total. The molecule has 37 heavy (non-hydrogen) atoms. The van der Waals surface area contributed by atoms with Crippen LogP contribution in [0.15, 0.2) is 30.3 Å². The third-order valence-corrected chi connectivity index (χ3v) is 7.97. The Morgan fingerprint density at radius 2 is 1.89 bits per heavy atom. The Balaban J connectivity index is 1.46. The van der Waals surface area contributed by atoms with Crippen molar-refractivity contribution in [1.29, 1.82) is 0 Å². The van der Waals surface area contributed by atoms with Gasteiger partial charge in [-0.1, -0.05) is 11.6 Å². The number of nitrogens with two attached hydrogens (primary N) is 1. The Hall–Kier alpha value is -3.33. The number of nitrogens with zero attached hydrogens (tertiary/aromatic N) is 6. The molecule has 0 radical (unpaired) electrons. The number of aryl methyl sites for hydroxylation is 1. The van der Waals surface area contributed by atoms with Crippen molar-refractivity contribution < 1.29 is 9.53 Å². The van der Waals surface area contributed by atoms with Crippen LogP contribution in [0, 0.1) is 6.92 Å². The molecule has 2 unspecified atom stereocenters. The first-order chi connectivity index (χ1) is 18.0. The molecule has 9 heteroatoms. The van der Waals surface area contributed by atoms with Gasteiger partial charge >= 0.3 is 0 Å². The summed E-state index contributed by atoms with van der Waals surface area (Å²) < 4.78 is 8.13. The van der Waals surface area contributed by atoms with Crippen LogP contribution in [0.4, 0.5) is 11.6 Å². The molecule has 2 N–H and O–H groups in total. The number of aromatic nitrogens is 3. The molecule has 2 atom stereocenters. The van der Waals surface area contributed by atoms with Gasteiger partial charge < -0.3 is 25.2 Å². The maximum Gasteiger partial charge on any atom is 0.258 e. The Kier molecular flexibility index (Phi) is 6.40. The average molecular weight is 504 g/mol. The highest BCUT2D eigenvalue weighted by Gasteiger charge is 2.33.